The van der Waals surface area contributed by atoms with Crippen LogP contribution < -0.4 is 4.90 Å². The van der Waals surface area contributed by atoms with E-state index in [-0.39, 0.29) is 12.1 Å². The summed E-state index contributed by atoms with van der Waals surface area (Å²) in [6, 6.07) is 15.1. The first kappa shape index (κ1) is 14.0. The zero-order valence-corrected chi connectivity index (χ0v) is 11.5. The Balaban J connectivity index is 1.87. The van der Waals surface area contributed by atoms with Gasteiger partial charge in [0, 0.05) is 23.4 Å². The number of hydrogen-bond donors (Lipinski definition) is 1. The first-order valence-electron chi connectivity index (χ1n) is 7.03. The molecule has 0 bridgehead atoms. The summed E-state index contributed by atoms with van der Waals surface area (Å²) in [5.74, 6) is -2.92. The van der Waals surface area contributed by atoms with Crippen LogP contribution in [-0.2, 0) is 5.92 Å². The van der Waals surface area contributed by atoms with E-state index >= 15 is 0 Å². The van der Waals surface area contributed by atoms with Gasteiger partial charge < -0.3 is 10.0 Å². The standard InChI is InChI=1S/C17H17F2NO/c18-17(19,13-6-2-1-3-7-13)12-20-11-10-16(21)14-8-4-5-9-15(14)20/h1-9,16,21H,10-12H2. The molecule has 1 unspecified atom stereocenters. The van der Waals surface area contributed by atoms with E-state index in [4.69, 9.17) is 0 Å². The van der Waals surface area contributed by atoms with Crippen LogP contribution in [0.15, 0.2) is 54.6 Å². The topological polar surface area (TPSA) is 23.5 Å². The lowest BCUT2D eigenvalue weighted by atomic mass is 9.98. The summed E-state index contributed by atoms with van der Waals surface area (Å²) in [6.07, 6.45) is -0.0928. The third kappa shape index (κ3) is 2.76. The van der Waals surface area contributed by atoms with Gasteiger partial charge in [-0.15, -0.1) is 0 Å². The van der Waals surface area contributed by atoms with Crippen molar-refractivity contribution in [2.24, 2.45) is 0 Å². The molecule has 0 spiro atoms. The molecule has 0 aromatic heterocycles. The van der Waals surface area contributed by atoms with Crippen molar-refractivity contribution in [2.75, 3.05) is 18.0 Å². The molecule has 1 aliphatic heterocycles. The van der Waals surface area contributed by atoms with Gasteiger partial charge in [-0.3, -0.25) is 0 Å². The highest BCUT2D eigenvalue weighted by atomic mass is 19.3. The fourth-order valence-electron chi connectivity index (χ4n) is 2.79. The van der Waals surface area contributed by atoms with E-state index in [0.717, 1.165) is 5.56 Å². The summed E-state index contributed by atoms with van der Waals surface area (Å²) in [5, 5.41) is 9.98. The van der Waals surface area contributed by atoms with Crippen molar-refractivity contribution in [3.8, 4) is 0 Å². The molecule has 3 rings (SSSR count). The molecule has 1 N–H and O–H groups in total. The van der Waals surface area contributed by atoms with Gasteiger partial charge in [0.1, 0.15) is 0 Å². The molecule has 2 aromatic rings. The molecule has 0 saturated heterocycles. The lowest BCUT2D eigenvalue weighted by Gasteiger charge is -2.36. The lowest BCUT2D eigenvalue weighted by Crippen LogP contribution is -2.39. The molecule has 1 heterocycles. The molecule has 0 radical (unpaired) electrons. The van der Waals surface area contributed by atoms with Crippen molar-refractivity contribution in [1.29, 1.82) is 0 Å². The number of halogens is 2. The minimum Gasteiger partial charge on any atom is -0.388 e. The fraction of sp³-hybridized carbons (Fsp3) is 0.294. The predicted molar refractivity (Wildman–Crippen MR) is 78.6 cm³/mol. The first-order valence-corrected chi connectivity index (χ1v) is 7.03. The second-order valence-corrected chi connectivity index (χ2v) is 5.36. The maximum atomic E-state index is 14.4. The summed E-state index contributed by atoms with van der Waals surface area (Å²) >= 11 is 0. The van der Waals surface area contributed by atoms with Crippen LogP contribution in [0.1, 0.15) is 23.7 Å². The molecule has 21 heavy (non-hydrogen) atoms. The van der Waals surface area contributed by atoms with Crippen LogP contribution in [0.4, 0.5) is 14.5 Å². The van der Waals surface area contributed by atoms with Crippen molar-refractivity contribution >= 4 is 5.69 Å². The predicted octanol–water partition coefficient (Wildman–Crippen LogP) is 3.72. The highest BCUT2D eigenvalue weighted by molar-refractivity contribution is 5.56. The summed E-state index contributed by atoms with van der Waals surface area (Å²) in [5.41, 5.74) is 1.45. The van der Waals surface area contributed by atoms with Gasteiger partial charge in [0.25, 0.3) is 5.92 Å². The van der Waals surface area contributed by atoms with Gasteiger partial charge in [0.05, 0.1) is 12.6 Å². The average Bonchev–Trinajstić information content (AvgIpc) is 2.51. The van der Waals surface area contributed by atoms with E-state index in [2.05, 4.69) is 0 Å². The van der Waals surface area contributed by atoms with Crippen LogP contribution in [0.3, 0.4) is 0 Å². The maximum Gasteiger partial charge on any atom is 0.290 e. The minimum absolute atomic E-state index is 0.0219. The molecule has 1 atom stereocenters. The highest BCUT2D eigenvalue weighted by Gasteiger charge is 2.36. The minimum atomic E-state index is -2.92. The molecule has 2 aromatic carbocycles. The molecule has 0 aliphatic carbocycles. The molecule has 110 valence electrons. The summed E-state index contributed by atoms with van der Waals surface area (Å²) in [7, 11) is 0. The Morgan fingerprint density at radius 3 is 2.48 bits per heavy atom. The first-order chi connectivity index (χ1) is 10.1. The molecule has 0 saturated carbocycles. The maximum absolute atomic E-state index is 14.4. The number of nitrogens with zero attached hydrogens (tertiary/aromatic N) is 1. The Labute approximate surface area is 122 Å². The fourth-order valence-corrected chi connectivity index (χ4v) is 2.79. The number of aliphatic hydroxyl groups excluding tert-OH is 1. The Bertz CT molecular complexity index is 615. The largest absolute Gasteiger partial charge is 0.388 e. The van der Waals surface area contributed by atoms with Gasteiger partial charge in [-0.2, -0.15) is 8.78 Å². The quantitative estimate of drug-likeness (QED) is 0.931. The zero-order chi connectivity index (χ0) is 14.9. The van der Waals surface area contributed by atoms with Crippen LogP contribution in [0.25, 0.3) is 0 Å². The third-order valence-corrected chi connectivity index (χ3v) is 3.89. The molecular weight excluding hydrogens is 272 g/mol. The van der Waals surface area contributed by atoms with Crippen molar-refractivity contribution in [1.82, 2.24) is 0 Å². The van der Waals surface area contributed by atoms with Gasteiger partial charge in [0.2, 0.25) is 0 Å². The van der Waals surface area contributed by atoms with Crippen LogP contribution in [0.2, 0.25) is 0 Å². The molecule has 0 amide bonds. The van der Waals surface area contributed by atoms with Gasteiger partial charge in [-0.05, 0) is 12.5 Å². The summed E-state index contributed by atoms with van der Waals surface area (Å²) in [4.78, 5) is 1.66. The number of alkyl halides is 2. The van der Waals surface area contributed by atoms with Crippen molar-refractivity contribution < 1.29 is 13.9 Å². The number of rotatable bonds is 3. The number of para-hydroxylation sites is 1. The zero-order valence-electron chi connectivity index (χ0n) is 11.5. The number of benzene rings is 2. The Morgan fingerprint density at radius 1 is 1.05 bits per heavy atom. The van der Waals surface area contributed by atoms with Crippen LogP contribution >= 0.6 is 0 Å². The number of aliphatic hydroxyl groups is 1. The van der Waals surface area contributed by atoms with Crippen LogP contribution in [0, 0.1) is 0 Å². The van der Waals surface area contributed by atoms with E-state index < -0.39 is 12.0 Å². The number of anilines is 1. The third-order valence-electron chi connectivity index (χ3n) is 3.89. The molecule has 0 fully saturated rings. The van der Waals surface area contributed by atoms with Gasteiger partial charge in [-0.1, -0.05) is 48.5 Å². The van der Waals surface area contributed by atoms with Crippen LogP contribution in [0.5, 0.6) is 0 Å². The van der Waals surface area contributed by atoms with E-state index in [0.29, 0.717) is 18.7 Å². The molecular formula is C17H17F2NO. The van der Waals surface area contributed by atoms with Crippen LogP contribution in [-0.4, -0.2) is 18.2 Å². The number of fused-ring (bicyclic) bond motifs is 1. The van der Waals surface area contributed by atoms with E-state index in [1.54, 1.807) is 35.2 Å². The smallest absolute Gasteiger partial charge is 0.290 e. The second-order valence-electron chi connectivity index (χ2n) is 5.36. The molecule has 1 aliphatic rings. The molecule has 2 nitrogen and oxygen atoms in total. The average molecular weight is 289 g/mol. The monoisotopic (exact) mass is 289 g/mol. The van der Waals surface area contributed by atoms with Gasteiger partial charge in [-0.25, -0.2) is 0 Å². The van der Waals surface area contributed by atoms with Crippen molar-refractivity contribution in [2.45, 2.75) is 18.4 Å². The normalized spacial score (nSPS) is 18.4. The Hall–Kier alpha value is -1.94. The SMILES string of the molecule is OC1CCN(CC(F)(F)c2ccccc2)c2ccccc21. The van der Waals surface area contributed by atoms with Gasteiger partial charge in [0.15, 0.2) is 0 Å². The Kier molecular flexibility index (Phi) is 3.64. The number of hydrogen-bond acceptors (Lipinski definition) is 2. The second kappa shape index (κ2) is 5.45. The van der Waals surface area contributed by atoms with Gasteiger partial charge >= 0.3 is 0 Å². The lowest BCUT2D eigenvalue weighted by molar-refractivity contribution is 0.00259. The van der Waals surface area contributed by atoms with E-state index in [1.807, 2.05) is 12.1 Å². The van der Waals surface area contributed by atoms with Crippen molar-refractivity contribution in [3.63, 3.8) is 0 Å². The van der Waals surface area contributed by atoms with E-state index in [9.17, 15) is 13.9 Å². The molecule has 4 heteroatoms. The highest BCUT2D eigenvalue weighted by Crippen LogP contribution is 2.37. The summed E-state index contributed by atoms with van der Waals surface area (Å²) < 4.78 is 28.9. The summed E-state index contributed by atoms with van der Waals surface area (Å²) in [6.45, 7) is 0.0569. The Morgan fingerprint density at radius 2 is 1.71 bits per heavy atom. The van der Waals surface area contributed by atoms with E-state index in [1.165, 1.54) is 12.1 Å². The van der Waals surface area contributed by atoms with Crippen molar-refractivity contribution in [3.05, 3.63) is 65.7 Å².